The maximum Gasteiger partial charge on any atom is 0.413 e. The van der Waals surface area contributed by atoms with Crippen molar-refractivity contribution in [3.8, 4) is 6.07 Å². The summed E-state index contributed by atoms with van der Waals surface area (Å²) in [5.41, 5.74) is 4.73. The van der Waals surface area contributed by atoms with Gasteiger partial charge in [0.05, 0.1) is 12.1 Å². The minimum atomic E-state index is -2.19. The summed E-state index contributed by atoms with van der Waals surface area (Å²) < 4.78 is 34.0. The normalized spacial score (nSPS) is 22.5. The lowest BCUT2D eigenvalue weighted by atomic mass is 9.92. The van der Waals surface area contributed by atoms with Crippen LogP contribution in [0.25, 0.3) is 5.52 Å². The number of nitriles is 1. The van der Waals surface area contributed by atoms with Gasteiger partial charge in [-0.2, -0.15) is 10.4 Å². The lowest BCUT2D eigenvalue weighted by Gasteiger charge is -2.25. The van der Waals surface area contributed by atoms with Gasteiger partial charge in [0.25, 0.3) is 5.95 Å². The van der Waals surface area contributed by atoms with Gasteiger partial charge >= 0.3 is 18.0 Å². The number of anilines is 1. The first kappa shape index (κ1) is 33.9. The summed E-state index contributed by atoms with van der Waals surface area (Å²) in [7, 11) is 0. The number of allylic oxidation sites excluding steroid dienone is 1. The Hall–Kier alpha value is -5.50. The number of nitrogens with zero attached hydrogens (tertiary/aromatic N) is 4. The molecule has 0 radical (unpaired) electrons. The molecule has 16 heteroatoms. The second-order valence-electron chi connectivity index (χ2n) is 11.3. The van der Waals surface area contributed by atoms with Crippen molar-refractivity contribution in [3.63, 3.8) is 0 Å². The largest absolute Gasteiger partial charge is 0.463 e. The fraction of sp³-hybridized carbons (Fsp3) is 0.375. The van der Waals surface area contributed by atoms with Gasteiger partial charge in [-0.05, 0) is 37.1 Å². The van der Waals surface area contributed by atoms with Crippen molar-refractivity contribution in [3.05, 3.63) is 84.1 Å². The Morgan fingerprint density at radius 3 is 2.60 bits per heavy atom. The van der Waals surface area contributed by atoms with Crippen LogP contribution >= 0.6 is 0 Å². The maximum absolute atomic E-state index is 12.9. The molecule has 0 saturated carbocycles. The molecular formula is C32H34N6O10. The average molecular weight is 663 g/mol. The number of esters is 2. The standard InChI is InChI=1S/C32H34N6O10/c1-17(2)26(34)30(41)47-27-23(14-43-25(39)12-20-8-6-5-7-9-20)48-32(15-33,28(27)40)24-11-10-21-29(35-16-36-38(21)24)37-31(42)44-13-22-18(3)45-19(4)46-22/h5-11,16-17,23,26-28,40H,4,12-14,34H2,1-3H3,(H,35,36,37,42)/t23-,26+,27-,28-,32+/m1/s1. The van der Waals surface area contributed by atoms with Gasteiger partial charge < -0.3 is 39.3 Å². The Bertz CT molecular complexity index is 1780. The van der Waals surface area contributed by atoms with E-state index in [1.165, 1.54) is 16.6 Å². The van der Waals surface area contributed by atoms with Crippen molar-refractivity contribution < 1.29 is 47.9 Å². The average Bonchev–Trinajstić information content (AvgIpc) is 3.72. The number of ether oxygens (including phenoxy) is 6. The summed E-state index contributed by atoms with van der Waals surface area (Å²) in [6.45, 7) is 7.89. The third-order valence-electron chi connectivity index (χ3n) is 7.72. The van der Waals surface area contributed by atoms with Gasteiger partial charge in [-0.25, -0.2) is 14.3 Å². The molecule has 0 spiro atoms. The first-order chi connectivity index (χ1) is 22.9. The summed E-state index contributed by atoms with van der Waals surface area (Å²) >= 11 is 0. The molecule has 0 aliphatic carbocycles. The van der Waals surface area contributed by atoms with Gasteiger partial charge in [-0.15, -0.1) is 0 Å². The Labute approximate surface area is 274 Å². The maximum atomic E-state index is 12.9. The number of nitrogens with one attached hydrogen (secondary N) is 1. The van der Waals surface area contributed by atoms with Gasteiger partial charge in [0.1, 0.15) is 48.5 Å². The highest BCUT2D eigenvalue weighted by atomic mass is 16.7. The topological polar surface area (TPSA) is 219 Å². The molecule has 4 heterocycles. The van der Waals surface area contributed by atoms with E-state index in [4.69, 9.17) is 34.2 Å². The molecule has 5 rings (SSSR count). The highest BCUT2D eigenvalue weighted by Crippen LogP contribution is 2.42. The number of benzene rings is 1. The molecule has 1 fully saturated rings. The molecule has 2 aliphatic rings. The van der Waals surface area contributed by atoms with Gasteiger partial charge in [0, 0.05) is 0 Å². The summed E-state index contributed by atoms with van der Waals surface area (Å²) in [5.74, 6) is -1.04. The Kier molecular flexibility index (Phi) is 9.94. The number of carbonyl (C=O) groups is 3. The monoisotopic (exact) mass is 662 g/mol. The number of hydrogen-bond acceptors (Lipinski definition) is 14. The molecule has 1 saturated heterocycles. The van der Waals surface area contributed by atoms with Crippen molar-refractivity contribution in [2.45, 2.75) is 57.1 Å². The van der Waals surface area contributed by atoms with Crippen LogP contribution in [0, 0.1) is 17.2 Å². The number of aliphatic hydroxyl groups excluding tert-OH is 1. The number of aromatic nitrogens is 3. The fourth-order valence-corrected chi connectivity index (χ4v) is 5.08. The van der Waals surface area contributed by atoms with Crippen LogP contribution in [0.5, 0.6) is 0 Å². The van der Waals surface area contributed by atoms with E-state index in [9.17, 15) is 24.8 Å². The first-order valence-electron chi connectivity index (χ1n) is 14.9. The SMILES string of the molecule is C=C1OC(C)=C(COC(=O)Nc2ncnn3c([C@]4(C#N)O[C@H](COC(=O)Cc5ccccc5)[C@@H](OC(=O)[C@@H](N)C(C)C)[C@H]4O)ccc23)O1. The number of nitrogens with two attached hydrogens (primary N) is 1. The van der Waals surface area contributed by atoms with Crippen molar-refractivity contribution in [2.24, 2.45) is 11.7 Å². The highest BCUT2D eigenvalue weighted by Gasteiger charge is 2.60. The van der Waals surface area contributed by atoms with Crippen LogP contribution in [0.2, 0.25) is 0 Å². The van der Waals surface area contributed by atoms with E-state index in [1.54, 1.807) is 45.0 Å². The summed E-state index contributed by atoms with van der Waals surface area (Å²) in [4.78, 5) is 42.3. The lowest BCUT2D eigenvalue weighted by molar-refractivity contribution is -0.162. The van der Waals surface area contributed by atoms with Gasteiger partial charge in [-0.1, -0.05) is 44.2 Å². The van der Waals surface area contributed by atoms with Crippen LogP contribution in [0.1, 0.15) is 32.0 Å². The number of aliphatic hydroxyl groups is 1. The highest BCUT2D eigenvalue weighted by molar-refractivity contribution is 5.88. The quantitative estimate of drug-likeness (QED) is 0.198. The van der Waals surface area contributed by atoms with E-state index in [0.717, 1.165) is 6.33 Å². The molecule has 2 aliphatic heterocycles. The molecule has 48 heavy (non-hydrogen) atoms. The van der Waals surface area contributed by atoms with Crippen LogP contribution < -0.4 is 11.1 Å². The molecule has 3 aromatic rings. The predicted molar refractivity (Wildman–Crippen MR) is 164 cm³/mol. The zero-order chi connectivity index (χ0) is 34.6. The zero-order valence-corrected chi connectivity index (χ0v) is 26.3. The van der Waals surface area contributed by atoms with Crippen molar-refractivity contribution >= 4 is 29.4 Å². The third kappa shape index (κ3) is 6.93. The van der Waals surface area contributed by atoms with Crippen LogP contribution in [-0.4, -0.2) is 75.3 Å². The minimum Gasteiger partial charge on any atom is -0.463 e. The van der Waals surface area contributed by atoms with Gasteiger partial charge in [-0.3, -0.25) is 14.9 Å². The van der Waals surface area contributed by atoms with E-state index in [1.807, 2.05) is 12.1 Å². The zero-order valence-electron chi connectivity index (χ0n) is 26.3. The summed E-state index contributed by atoms with van der Waals surface area (Å²) in [5, 5.41) is 28.8. The molecule has 1 aromatic carbocycles. The molecular weight excluding hydrogens is 628 g/mol. The molecule has 252 valence electrons. The van der Waals surface area contributed by atoms with Crippen molar-refractivity contribution in [1.29, 1.82) is 5.26 Å². The Balaban J connectivity index is 1.39. The molecule has 0 bridgehead atoms. The molecule has 1 amide bonds. The van der Waals surface area contributed by atoms with E-state index in [-0.39, 0.29) is 47.7 Å². The molecule has 2 aromatic heterocycles. The van der Waals surface area contributed by atoms with Crippen molar-refractivity contribution in [1.82, 2.24) is 14.6 Å². The number of fused-ring (bicyclic) bond motifs is 1. The van der Waals surface area contributed by atoms with E-state index >= 15 is 0 Å². The second-order valence-corrected chi connectivity index (χ2v) is 11.3. The van der Waals surface area contributed by atoms with Crippen LogP contribution in [0.3, 0.4) is 0 Å². The van der Waals surface area contributed by atoms with Crippen LogP contribution in [-0.2, 0) is 50.0 Å². The van der Waals surface area contributed by atoms with E-state index < -0.39 is 54.6 Å². The van der Waals surface area contributed by atoms with Crippen LogP contribution in [0.4, 0.5) is 10.6 Å². The van der Waals surface area contributed by atoms with Crippen molar-refractivity contribution in [2.75, 3.05) is 18.5 Å². The Morgan fingerprint density at radius 2 is 1.94 bits per heavy atom. The van der Waals surface area contributed by atoms with E-state index in [0.29, 0.717) is 11.3 Å². The Morgan fingerprint density at radius 1 is 1.19 bits per heavy atom. The lowest BCUT2D eigenvalue weighted by Crippen LogP contribution is -2.46. The second kappa shape index (κ2) is 14.1. The van der Waals surface area contributed by atoms with Gasteiger partial charge in [0.15, 0.2) is 24.3 Å². The summed E-state index contributed by atoms with van der Waals surface area (Å²) in [6, 6.07) is 12.7. The fourth-order valence-electron chi connectivity index (χ4n) is 5.08. The third-order valence-corrected chi connectivity index (χ3v) is 7.72. The predicted octanol–water partition coefficient (Wildman–Crippen LogP) is 2.19. The van der Waals surface area contributed by atoms with Gasteiger partial charge in [0.2, 0.25) is 5.60 Å². The molecule has 16 nitrogen and oxygen atoms in total. The number of carbonyl (C=O) groups excluding carboxylic acids is 3. The van der Waals surface area contributed by atoms with E-state index in [2.05, 4.69) is 22.0 Å². The molecule has 0 unspecified atom stereocenters. The number of hydrogen-bond donors (Lipinski definition) is 3. The summed E-state index contributed by atoms with van der Waals surface area (Å²) in [6.07, 6.45) is -4.38. The minimum absolute atomic E-state index is 0.00203. The molecule has 4 N–H and O–H groups in total. The molecule has 5 atom stereocenters. The van der Waals surface area contributed by atoms with Crippen LogP contribution in [0.15, 0.2) is 72.8 Å². The number of amides is 1. The first-order valence-corrected chi connectivity index (χ1v) is 14.9. The number of rotatable bonds is 11. The smallest absolute Gasteiger partial charge is 0.413 e.